The normalized spacial score (nSPS) is 18.4. The number of nitrogens with zero attached hydrogens (tertiary/aromatic N) is 4. The van der Waals surface area contributed by atoms with Crippen molar-refractivity contribution in [2.24, 2.45) is 0 Å². The highest BCUT2D eigenvalue weighted by molar-refractivity contribution is 5.93. The van der Waals surface area contributed by atoms with Crippen molar-refractivity contribution in [3.8, 4) is 11.1 Å². The van der Waals surface area contributed by atoms with E-state index in [1.165, 1.54) is 0 Å². The number of carbonyl (C=O) groups excluding carboxylic acids is 2. The van der Waals surface area contributed by atoms with Crippen LogP contribution in [0.15, 0.2) is 116 Å². The molecule has 2 amide bonds. The zero-order valence-electron chi connectivity index (χ0n) is 32.8. The maximum Gasteiger partial charge on any atom is 0.225 e. The molecular formula is C46H53N7O5. The minimum Gasteiger partial charge on any atom is -0.397 e. The molecule has 302 valence electrons. The Morgan fingerprint density at radius 3 is 2.21 bits per heavy atom. The summed E-state index contributed by atoms with van der Waals surface area (Å²) in [7, 11) is 0. The summed E-state index contributed by atoms with van der Waals surface area (Å²) in [5.41, 5.74) is 13.1. The number of nitrogen functional groups attached to an aromatic ring is 1. The Morgan fingerprint density at radius 2 is 1.47 bits per heavy atom. The molecule has 2 fully saturated rings. The van der Waals surface area contributed by atoms with Crippen molar-refractivity contribution in [1.82, 2.24) is 20.2 Å². The molecule has 1 aromatic heterocycles. The van der Waals surface area contributed by atoms with Gasteiger partial charge in [0, 0.05) is 76.5 Å². The van der Waals surface area contributed by atoms with E-state index in [9.17, 15) is 14.7 Å². The molecule has 3 atom stereocenters. The molecule has 5 aromatic rings. The summed E-state index contributed by atoms with van der Waals surface area (Å²) >= 11 is 0. The first-order valence-corrected chi connectivity index (χ1v) is 20.3. The van der Waals surface area contributed by atoms with E-state index in [4.69, 9.17) is 15.2 Å². The molecule has 0 aliphatic carbocycles. The number of unbranched alkanes of at least 4 members (excludes halogenated alkanes) is 2. The first-order chi connectivity index (χ1) is 28.4. The predicted molar refractivity (Wildman–Crippen MR) is 225 cm³/mol. The second kappa shape index (κ2) is 20.2. The summed E-state index contributed by atoms with van der Waals surface area (Å²) in [6.07, 6.45) is 6.56. The largest absolute Gasteiger partial charge is 0.397 e. The topological polar surface area (TPSA) is 155 Å². The average Bonchev–Trinajstić information content (AvgIpc) is 3.27. The molecule has 12 heteroatoms. The molecule has 7 rings (SSSR count). The molecule has 5 N–H and O–H groups in total. The molecular weight excluding hydrogens is 731 g/mol. The summed E-state index contributed by atoms with van der Waals surface area (Å²) in [5, 5.41) is 15.5. The molecule has 3 heterocycles. The van der Waals surface area contributed by atoms with Crippen LogP contribution >= 0.6 is 0 Å². The van der Waals surface area contributed by atoms with Crippen LogP contribution in [0.5, 0.6) is 0 Å². The Bertz CT molecular complexity index is 2080. The van der Waals surface area contributed by atoms with E-state index in [0.29, 0.717) is 43.6 Å². The number of anilines is 3. The first kappa shape index (κ1) is 40.5. The SMILES string of the molecule is Nc1ccccc1NC(=O)CCCCCC(=O)NCc1cccc(-c2ccc([C@H]3O[C@@H](CN4CCN(c5ncccn5)CC4)C[C@@H](c4ccc(CO)cc4)O3)cc2)c1. The number of nitrogens with two attached hydrogens (primary N) is 1. The maximum absolute atomic E-state index is 12.6. The molecule has 0 saturated carbocycles. The highest BCUT2D eigenvalue weighted by atomic mass is 16.7. The van der Waals surface area contributed by atoms with Crippen LogP contribution in [0.4, 0.5) is 17.3 Å². The summed E-state index contributed by atoms with van der Waals surface area (Å²) in [5.74, 6) is 0.689. The Morgan fingerprint density at radius 1 is 0.741 bits per heavy atom. The van der Waals surface area contributed by atoms with Crippen LogP contribution in [0.1, 0.15) is 73.2 Å². The number of ether oxygens (including phenoxy) is 2. The summed E-state index contributed by atoms with van der Waals surface area (Å²) in [4.78, 5) is 38.4. The van der Waals surface area contributed by atoms with Crippen molar-refractivity contribution in [3.05, 3.63) is 138 Å². The van der Waals surface area contributed by atoms with E-state index in [1.807, 2.05) is 54.6 Å². The van der Waals surface area contributed by atoms with Crippen LogP contribution in [0.2, 0.25) is 0 Å². The van der Waals surface area contributed by atoms with Crippen LogP contribution in [0.25, 0.3) is 11.1 Å². The van der Waals surface area contributed by atoms with E-state index in [0.717, 1.165) is 84.9 Å². The quantitative estimate of drug-likeness (QED) is 0.0621. The van der Waals surface area contributed by atoms with Crippen LogP contribution in [0, 0.1) is 0 Å². The monoisotopic (exact) mass is 783 g/mol. The second-order valence-corrected chi connectivity index (χ2v) is 15.0. The molecule has 12 nitrogen and oxygen atoms in total. The van der Waals surface area contributed by atoms with Gasteiger partial charge < -0.3 is 35.8 Å². The number of hydrogen-bond acceptors (Lipinski definition) is 10. The zero-order valence-corrected chi connectivity index (χ0v) is 32.8. The van der Waals surface area contributed by atoms with Crippen LogP contribution < -0.4 is 21.3 Å². The van der Waals surface area contributed by atoms with Gasteiger partial charge in [-0.1, -0.05) is 85.3 Å². The van der Waals surface area contributed by atoms with Gasteiger partial charge in [-0.15, -0.1) is 0 Å². The third-order valence-corrected chi connectivity index (χ3v) is 10.8. The number of aliphatic hydroxyl groups is 1. The number of piperazine rings is 1. The molecule has 0 bridgehead atoms. The van der Waals surface area contributed by atoms with Gasteiger partial charge in [0.15, 0.2) is 6.29 Å². The Kier molecular flexibility index (Phi) is 14.1. The fourth-order valence-corrected chi connectivity index (χ4v) is 7.46. The number of rotatable bonds is 16. The van der Waals surface area contributed by atoms with Gasteiger partial charge in [-0.05, 0) is 64.9 Å². The van der Waals surface area contributed by atoms with Crippen LogP contribution in [-0.4, -0.2) is 70.6 Å². The van der Waals surface area contributed by atoms with Gasteiger partial charge >= 0.3 is 0 Å². The third-order valence-electron chi connectivity index (χ3n) is 10.8. The lowest BCUT2D eigenvalue weighted by Gasteiger charge is -2.40. The van der Waals surface area contributed by atoms with E-state index in [-0.39, 0.29) is 30.6 Å². The molecule has 0 radical (unpaired) electrons. The highest BCUT2D eigenvalue weighted by Gasteiger charge is 2.34. The van der Waals surface area contributed by atoms with Gasteiger partial charge in [-0.3, -0.25) is 14.5 Å². The van der Waals surface area contributed by atoms with Crippen molar-refractivity contribution >= 4 is 29.1 Å². The minimum atomic E-state index is -0.540. The number of aromatic nitrogens is 2. The fraction of sp³-hybridized carbons (Fsp3) is 0.348. The molecule has 4 aromatic carbocycles. The highest BCUT2D eigenvalue weighted by Crippen LogP contribution is 2.39. The van der Waals surface area contributed by atoms with Gasteiger partial charge in [-0.2, -0.15) is 0 Å². The van der Waals surface area contributed by atoms with E-state index < -0.39 is 6.29 Å². The van der Waals surface area contributed by atoms with Crippen molar-refractivity contribution in [1.29, 1.82) is 0 Å². The number of para-hydroxylation sites is 2. The Balaban J connectivity index is 0.907. The van der Waals surface area contributed by atoms with Crippen LogP contribution in [-0.2, 0) is 32.2 Å². The second-order valence-electron chi connectivity index (χ2n) is 15.0. The lowest BCUT2D eigenvalue weighted by atomic mass is 9.98. The number of hydrogen-bond donors (Lipinski definition) is 4. The van der Waals surface area contributed by atoms with Gasteiger partial charge in [0.1, 0.15) is 0 Å². The fourth-order valence-electron chi connectivity index (χ4n) is 7.46. The number of aliphatic hydroxyl groups excluding tert-OH is 1. The van der Waals surface area contributed by atoms with E-state index in [1.54, 1.807) is 24.5 Å². The number of amides is 2. The van der Waals surface area contributed by atoms with E-state index >= 15 is 0 Å². The molecule has 2 aliphatic heterocycles. The Labute approximate surface area is 340 Å². The third kappa shape index (κ3) is 11.3. The lowest BCUT2D eigenvalue weighted by molar-refractivity contribution is -0.253. The smallest absolute Gasteiger partial charge is 0.225 e. The summed E-state index contributed by atoms with van der Waals surface area (Å²) in [6, 6.07) is 33.6. The van der Waals surface area contributed by atoms with Crippen molar-refractivity contribution in [2.45, 2.75) is 70.2 Å². The lowest BCUT2D eigenvalue weighted by Crippen LogP contribution is -2.50. The number of nitrogens with one attached hydrogen (secondary N) is 2. The number of carbonyl (C=O) groups is 2. The molecule has 0 unspecified atom stereocenters. The van der Waals surface area contributed by atoms with Gasteiger partial charge in [0.2, 0.25) is 17.8 Å². The Hall–Kier alpha value is -5.66. The molecule has 2 aliphatic rings. The van der Waals surface area contributed by atoms with E-state index in [2.05, 4.69) is 66.8 Å². The average molecular weight is 784 g/mol. The minimum absolute atomic E-state index is 0.00100. The van der Waals surface area contributed by atoms with Gasteiger partial charge in [0.25, 0.3) is 0 Å². The van der Waals surface area contributed by atoms with Crippen molar-refractivity contribution in [2.75, 3.05) is 48.7 Å². The molecule has 2 saturated heterocycles. The standard InChI is InChI=1S/C46H53N7O5/c47-40-10-4-5-11-41(40)51-44(56)13-3-1-2-12-43(55)50-30-34-8-6-9-38(28-34)35-18-20-37(21-19-35)45-57-39(29-42(58-45)36-16-14-33(32-54)15-17-36)31-52-24-26-53(27-25-52)46-48-22-7-23-49-46/h4-11,14-23,28,39,42,45,54H,1-3,12-13,24-27,29-32,47H2,(H,50,55)(H,51,56)/t39-,42+,45+/m1/s1. The zero-order chi connectivity index (χ0) is 40.1. The summed E-state index contributed by atoms with van der Waals surface area (Å²) < 4.78 is 13.3. The van der Waals surface area contributed by atoms with Crippen molar-refractivity contribution in [3.63, 3.8) is 0 Å². The first-order valence-electron chi connectivity index (χ1n) is 20.3. The molecule has 58 heavy (non-hydrogen) atoms. The van der Waals surface area contributed by atoms with Crippen molar-refractivity contribution < 1.29 is 24.2 Å². The van der Waals surface area contributed by atoms with Crippen LogP contribution in [0.3, 0.4) is 0 Å². The maximum atomic E-state index is 12.6. The molecule has 0 spiro atoms. The van der Waals surface area contributed by atoms with Gasteiger partial charge in [0.05, 0.1) is 30.2 Å². The predicted octanol–water partition coefficient (Wildman–Crippen LogP) is 6.79. The summed E-state index contributed by atoms with van der Waals surface area (Å²) in [6.45, 7) is 4.73. The van der Waals surface area contributed by atoms with Gasteiger partial charge in [-0.25, -0.2) is 9.97 Å². The number of benzene rings is 4.